The quantitative estimate of drug-likeness (QED) is 0.650. The maximum Gasteiger partial charge on any atom is 0.330 e. The molecule has 21 heavy (non-hydrogen) atoms. The molecule has 2 rings (SSSR count). The zero-order valence-electron chi connectivity index (χ0n) is 10.7. The van der Waals surface area contributed by atoms with Crippen LogP contribution in [0.15, 0.2) is 29.6 Å². The Kier molecular flexibility index (Phi) is 4.79. The first-order valence-electron chi connectivity index (χ1n) is 5.93. The smallest absolute Gasteiger partial charge is 0.330 e. The number of anilines is 1. The van der Waals surface area contributed by atoms with Gasteiger partial charge in [0.1, 0.15) is 11.6 Å². The van der Waals surface area contributed by atoms with E-state index in [4.69, 9.17) is 5.73 Å². The molecule has 1 aromatic heterocycles. The first-order valence-corrected chi connectivity index (χ1v) is 6.81. The lowest BCUT2D eigenvalue weighted by Gasteiger charge is -2.14. The maximum absolute atomic E-state index is 12.7. The van der Waals surface area contributed by atoms with Crippen LogP contribution in [0.2, 0.25) is 0 Å². The number of aromatic nitrogens is 1. The van der Waals surface area contributed by atoms with Gasteiger partial charge in [0.05, 0.1) is 12.3 Å². The number of hydrogen-bond acceptors (Lipinski definition) is 4. The van der Waals surface area contributed by atoms with Gasteiger partial charge >= 0.3 is 12.3 Å². The van der Waals surface area contributed by atoms with Crippen molar-refractivity contribution in [2.45, 2.75) is 19.0 Å². The second kappa shape index (κ2) is 6.40. The number of rotatable bonds is 6. The van der Waals surface area contributed by atoms with Crippen LogP contribution < -0.4 is 5.73 Å². The SMILES string of the molecule is Nc1ccccc1-c1csc(COCC(F)(F)C(F)F)n1. The predicted octanol–water partition coefficient (Wildman–Crippen LogP) is 3.81. The van der Waals surface area contributed by atoms with Crippen LogP contribution in [0.3, 0.4) is 0 Å². The number of hydrogen-bond donors (Lipinski definition) is 1. The van der Waals surface area contributed by atoms with E-state index < -0.39 is 19.0 Å². The molecule has 0 unspecified atom stereocenters. The van der Waals surface area contributed by atoms with Crippen LogP contribution >= 0.6 is 11.3 Å². The molecule has 0 fully saturated rings. The highest BCUT2D eigenvalue weighted by Crippen LogP contribution is 2.28. The second-order valence-electron chi connectivity index (χ2n) is 4.27. The van der Waals surface area contributed by atoms with E-state index >= 15 is 0 Å². The molecule has 114 valence electrons. The number of ether oxygens (including phenoxy) is 1. The Morgan fingerprint density at radius 1 is 1.29 bits per heavy atom. The topological polar surface area (TPSA) is 48.1 Å². The highest BCUT2D eigenvalue weighted by atomic mass is 32.1. The van der Waals surface area contributed by atoms with Gasteiger partial charge < -0.3 is 10.5 Å². The van der Waals surface area contributed by atoms with Crippen LogP contribution in [-0.2, 0) is 11.3 Å². The van der Waals surface area contributed by atoms with Gasteiger partial charge in [-0.1, -0.05) is 18.2 Å². The van der Waals surface area contributed by atoms with Crippen molar-refractivity contribution in [3.63, 3.8) is 0 Å². The number of thiazole rings is 1. The molecule has 0 radical (unpaired) electrons. The number of nitrogens with zero attached hydrogens (tertiary/aromatic N) is 1. The minimum absolute atomic E-state index is 0.250. The van der Waals surface area contributed by atoms with Crippen molar-refractivity contribution < 1.29 is 22.3 Å². The number of halogens is 4. The van der Waals surface area contributed by atoms with Crippen LogP contribution in [0, 0.1) is 0 Å². The monoisotopic (exact) mass is 320 g/mol. The first kappa shape index (κ1) is 15.7. The summed E-state index contributed by atoms with van der Waals surface area (Å²) in [6, 6.07) is 7.07. The van der Waals surface area contributed by atoms with E-state index in [1.807, 2.05) is 0 Å². The van der Waals surface area contributed by atoms with Gasteiger partial charge in [-0.3, -0.25) is 0 Å². The highest BCUT2D eigenvalue weighted by molar-refractivity contribution is 7.09. The molecule has 0 saturated heterocycles. The Labute approximate surface area is 122 Å². The molecule has 0 amide bonds. The van der Waals surface area contributed by atoms with Crippen LogP contribution in [0.1, 0.15) is 5.01 Å². The Morgan fingerprint density at radius 2 is 2.00 bits per heavy atom. The minimum atomic E-state index is -4.15. The van der Waals surface area contributed by atoms with Crippen LogP contribution in [0.4, 0.5) is 23.2 Å². The zero-order valence-corrected chi connectivity index (χ0v) is 11.5. The van der Waals surface area contributed by atoms with Gasteiger partial charge in [0, 0.05) is 16.6 Å². The fraction of sp³-hybridized carbons (Fsp3) is 0.308. The summed E-state index contributed by atoms with van der Waals surface area (Å²) in [5.41, 5.74) is 7.66. The highest BCUT2D eigenvalue weighted by Gasteiger charge is 2.40. The molecule has 0 aliphatic rings. The van der Waals surface area contributed by atoms with Crippen molar-refractivity contribution >= 4 is 17.0 Å². The van der Waals surface area contributed by atoms with Crippen LogP contribution in [0.5, 0.6) is 0 Å². The molecule has 0 aliphatic heterocycles. The Morgan fingerprint density at radius 3 is 2.67 bits per heavy atom. The van der Waals surface area contributed by atoms with Gasteiger partial charge in [0.25, 0.3) is 0 Å². The number of nitrogen functional groups attached to an aromatic ring is 1. The maximum atomic E-state index is 12.7. The van der Waals surface area contributed by atoms with E-state index in [-0.39, 0.29) is 6.61 Å². The molecule has 2 N–H and O–H groups in total. The predicted molar refractivity (Wildman–Crippen MR) is 72.6 cm³/mol. The summed E-state index contributed by atoms with van der Waals surface area (Å²) in [6.45, 7) is -1.59. The fourth-order valence-corrected chi connectivity index (χ4v) is 2.30. The summed E-state index contributed by atoms with van der Waals surface area (Å²) < 4.78 is 53.8. The van der Waals surface area contributed by atoms with E-state index in [9.17, 15) is 17.6 Å². The largest absolute Gasteiger partial charge is 0.398 e. The van der Waals surface area contributed by atoms with Crippen molar-refractivity contribution in [2.75, 3.05) is 12.3 Å². The van der Waals surface area contributed by atoms with Crippen molar-refractivity contribution in [1.29, 1.82) is 0 Å². The minimum Gasteiger partial charge on any atom is -0.398 e. The van der Waals surface area contributed by atoms with Crippen LogP contribution in [-0.4, -0.2) is 23.9 Å². The molecule has 0 aliphatic carbocycles. The molecule has 1 aromatic carbocycles. The van der Waals surface area contributed by atoms with E-state index in [1.165, 1.54) is 11.3 Å². The molecule has 0 saturated carbocycles. The van der Waals surface area contributed by atoms with Crippen molar-refractivity contribution in [1.82, 2.24) is 4.98 Å². The lowest BCUT2D eigenvalue weighted by molar-refractivity contribution is -0.168. The van der Waals surface area contributed by atoms with Gasteiger partial charge in [0.15, 0.2) is 0 Å². The van der Waals surface area contributed by atoms with E-state index in [2.05, 4.69) is 9.72 Å². The van der Waals surface area contributed by atoms with Gasteiger partial charge in [-0.2, -0.15) is 8.78 Å². The summed E-state index contributed by atoms with van der Waals surface area (Å²) in [7, 11) is 0. The fourth-order valence-electron chi connectivity index (χ4n) is 1.57. The standard InChI is InChI=1S/C13H12F4N2OS/c14-12(15)13(16,17)7-20-5-11-19-10(6-21-11)8-3-1-2-4-9(8)18/h1-4,6,12H,5,7,18H2. The van der Waals surface area contributed by atoms with Crippen LogP contribution in [0.25, 0.3) is 11.3 Å². The summed E-state index contributed by atoms with van der Waals surface area (Å²) in [5.74, 6) is -4.15. The summed E-state index contributed by atoms with van der Waals surface area (Å²) in [4.78, 5) is 4.19. The van der Waals surface area contributed by atoms with Crippen molar-refractivity contribution in [2.24, 2.45) is 0 Å². The third-order valence-corrected chi connectivity index (χ3v) is 3.45. The number of alkyl halides is 4. The normalized spacial score (nSPS) is 12.0. The van der Waals surface area contributed by atoms with E-state index in [0.29, 0.717) is 16.4 Å². The Bertz CT molecular complexity index is 603. The third kappa shape index (κ3) is 3.92. The average molecular weight is 320 g/mol. The zero-order chi connectivity index (χ0) is 15.5. The summed E-state index contributed by atoms with van der Waals surface area (Å²) >= 11 is 1.19. The number of benzene rings is 1. The van der Waals surface area contributed by atoms with Gasteiger partial charge in [0.2, 0.25) is 0 Å². The van der Waals surface area contributed by atoms with Crippen molar-refractivity contribution in [3.05, 3.63) is 34.7 Å². The molecule has 3 nitrogen and oxygen atoms in total. The molecular weight excluding hydrogens is 308 g/mol. The Hall–Kier alpha value is -1.67. The number of para-hydroxylation sites is 1. The lowest BCUT2D eigenvalue weighted by atomic mass is 10.1. The number of nitrogens with two attached hydrogens (primary N) is 1. The van der Waals surface area contributed by atoms with E-state index in [0.717, 1.165) is 5.56 Å². The van der Waals surface area contributed by atoms with Gasteiger partial charge in [-0.15, -0.1) is 11.3 Å². The molecule has 0 spiro atoms. The lowest BCUT2D eigenvalue weighted by Crippen LogP contribution is -2.32. The molecule has 1 heterocycles. The molecular formula is C13H12F4N2OS. The summed E-state index contributed by atoms with van der Waals surface area (Å²) in [6.07, 6.45) is -3.74. The average Bonchev–Trinajstić information content (AvgIpc) is 2.87. The Balaban J connectivity index is 1.97. The molecule has 0 bridgehead atoms. The first-order chi connectivity index (χ1) is 9.90. The van der Waals surface area contributed by atoms with Crippen molar-refractivity contribution in [3.8, 4) is 11.3 Å². The van der Waals surface area contributed by atoms with Gasteiger partial charge in [-0.05, 0) is 6.07 Å². The molecule has 2 aromatic rings. The van der Waals surface area contributed by atoms with E-state index in [1.54, 1.807) is 29.6 Å². The third-order valence-electron chi connectivity index (χ3n) is 2.63. The molecule has 8 heteroatoms. The second-order valence-corrected chi connectivity index (χ2v) is 5.21. The van der Waals surface area contributed by atoms with Gasteiger partial charge in [-0.25, -0.2) is 13.8 Å². The molecule has 0 atom stereocenters. The summed E-state index contributed by atoms with van der Waals surface area (Å²) in [5, 5.41) is 2.12.